The minimum Gasteiger partial charge on any atom is -0.468 e. The number of ether oxygens (including phenoxy) is 2. The molecule has 0 spiro atoms. The lowest BCUT2D eigenvalue weighted by molar-refractivity contribution is -0.144. The van der Waals surface area contributed by atoms with Crippen LogP contribution in [0.4, 0.5) is 0 Å². The molecule has 0 aromatic carbocycles. The SMILES string of the molecule is CCOC(=O)C[C@@H]1CCCCN1C(=O)c1ccc(OC)o1. The standard InChI is InChI=1S/C15H21NO5/c1-3-20-13(17)10-11-6-4-5-9-16(11)15(18)12-7-8-14(19-2)21-12/h7-8,11H,3-6,9-10H2,1-2H3/t11-/m0/s1. The van der Waals surface area contributed by atoms with Gasteiger partial charge in [-0.3, -0.25) is 9.59 Å². The van der Waals surface area contributed by atoms with E-state index >= 15 is 0 Å². The van der Waals surface area contributed by atoms with Gasteiger partial charge in [-0.15, -0.1) is 0 Å². The molecule has 2 rings (SSSR count). The zero-order valence-corrected chi connectivity index (χ0v) is 12.5. The summed E-state index contributed by atoms with van der Waals surface area (Å²) in [5, 5.41) is 0. The summed E-state index contributed by atoms with van der Waals surface area (Å²) < 4.78 is 15.2. The van der Waals surface area contributed by atoms with E-state index in [1.807, 2.05) is 0 Å². The van der Waals surface area contributed by atoms with Crippen LogP contribution in [-0.2, 0) is 9.53 Å². The molecule has 21 heavy (non-hydrogen) atoms. The minimum absolute atomic E-state index is 0.124. The number of likely N-dealkylation sites (tertiary alicyclic amines) is 1. The van der Waals surface area contributed by atoms with Crippen LogP contribution in [0.1, 0.15) is 43.2 Å². The Bertz CT molecular complexity index is 496. The van der Waals surface area contributed by atoms with Crippen LogP contribution in [0.2, 0.25) is 0 Å². The van der Waals surface area contributed by atoms with Crippen molar-refractivity contribution in [3.63, 3.8) is 0 Å². The average Bonchev–Trinajstić information content (AvgIpc) is 2.96. The Labute approximate surface area is 124 Å². The number of carbonyl (C=O) groups is 2. The van der Waals surface area contributed by atoms with Crippen LogP contribution < -0.4 is 4.74 Å². The van der Waals surface area contributed by atoms with Gasteiger partial charge < -0.3 is 18.8 Å². The molecule has 6 heteroatoms. The third kappa shape index (κ3) is 3.77. The normalized spacial score (nSPS) is 18.4. The van der Waals surface area contributed by atoms with Crippen LogP contribution >= 0.6 is 0 Å². The van der Waals surface area contributed by atoms with Gasteiger partial charge in [-0.25, -0.2) is 0 Å². The fourth-order valence-electron chi connectivity index (χ4n) is 2.58. The summed E-state index contributed by atoms with van der Waals surface area (Å²) >= 11 is 0. The van der Waals surface area contributed by atoms with E-state index in [1.54, 1.807) is 24.0 Å². The Kier molecular flexibility index (Phi) is 5.25. The molecule has 0 aliphatic carbocycles. The molecule has 116 valence electrons. The summed E-state index contributed by atoms with van der Waals surface area (Å²) in [4.78, 5) is 25.9. The molecule has 0 bridgehead atoms. The second kappa shape index (κ2) is 7.15. The molecule has 1 aromatic rings. The molecule has 1 fully saturated rings. The summed E-state index contributed by atoms with van der Waals surface area (Å²) in [6.45, 7) is 2.76. The number of carbonyl (C=O) groups excluding carboxylic acids is 2. The van der Waals surface area contributed by atoms with Gasteiger partial charge in [-0.05, 0) is 32.3 Å². The number of hydrogen-bond donors (Lipinski definition) is 0. The number of esters is 1. The lowest BCUT2D eigenvalue weighted by Gasteiger charge is -2.34. The van der Waals surface area contributed by atoms with Gasteiger partial charge >= 0.3 is 5.97 Å². The lowest BCUT2D eigenvalue weighted by atomic mass is 9.99. The summed E-state index contributed by atoms with van der Waals surface area (Å²) in [5.41, 5.74) is 0. The number of hydrogen-bond acceptors (Lipinski definition) is 5. The maximum Gasteiger partial charge on any atom is 0.307 e. The molecule has 1 aromatic heterocycles. The fourth-order valence-corrected chi connectivity index (χ4v) is 2.58. The maximum atomic E-state index is 12.5. The van der Waals surface area contributed by atoms with Gasteiger partial charge in [0.25, 0.3) is 11.9 Å². The fraction of sp³-hybridized carbons (Fsp3) is 0.600. The molecular formula is C15H21NO5. The van der Waals surface area contributed by atoms with E-state index in [2.05, 4.69) is 0 Å². The molecule has 1 aliphatic heterocycles. The van der Waals surface area contributed by atoms with Gasteiger partial charge in [-0.2, -0.15) is 0 Å². The predicted octanol–water partition coefficient (Wildman–Crippen LogP) is 2.24. The van der Waals surface area contributed by atoms with Crippen molar-refractivity contribution in [1.82, 2.24) is 4.90 Å². The lowest BCUT2D eigenvalue weighted by Crippen LogP contribution is -2.44. The highest BCUT2D eigenvalue weighted by Crippen LogP contribution is 2.24. The van der Waals surface area contributed by atoms with Crippen LogP contribution in [0.5, 0.6) is 5.95 Å². The number of rotatable bonds is 5. The van der Waals surface area contributed by atoms with Crippen LogP contribution in [0.3, 0.4) is 0 Å². The van der Waals surface area contributed by atoms with E-state index in [0.29, 0.717) is 19.1 Å². The average molecular weight is 295 g/mol. The van der Waals surface area contributed by atoms with Gasteiger partial charge in [0, 0.05) is 18.7 Å². The van der Waals surface area contributed by atoms with Crippen LogP contribution in [0.15, 0.2) is 16.5 Å². The Hall–Kier alpha value is -1.98. The first-order valence-electron chi connectivity index (χ1n) is 7.26. The summed E-state index contributed by atoms with van der Waals surface area (Å²) in [6.07, 6.45) is 2.98. The quantitative estimate of drug-likeness (QED) is 0.779. The molecule has 0 N–H and O–H groups in total. The predicted molar refractivity (Wildman–Crippen MR) is 75.2 cm³/mol. The number of furan rings is 1. The Morgan fingerprint density at radius 2 is 2.19 bits per heavy atom. The van der Waals surface area contributed by atoms with Gasteiger partial charge in [0.05, 0.1) is 20.1 Å². The molecule has 1 atom stereocenters. The van der Waals surface area contributed by atoms with E-state index in [4.69, 9.17) is 13.9 Å². The highest BCUT2D eigenvalue weighted by Gasteiger charge is 2.31. The monoisotopic (exact) mass is 295 g/mol. The Morgan fingerprint density at radius 3 is 2.86 bits per heavy atom. The van der Waals surface area contributed by atoms with Crippen molar-refractivity contribution in [3.05, 3.63) is 17.9 Å². The molecule has 6 nitrogen and oxygen atoms in total. The van der Waals surface area contributed by atoms with E-state index in [-0.39, 0.29) is 30.1 Å². The molecule has 0 radical (unpaired) electrons. The Balaban J connectivity index is 2.06. The van der Waals surface area contributed by atoms with Gasteiger partial charge in [0.2, 0.25) is 0 Å². The van der Waals surface area contributed by atoms with E-state index in [9.17, 15) is 9.59 Å². The first-order valence-corrected chi connectivity index (χ1v) is 7.26. The number of amides is 1. The molecular weight excluding hydrogens is 274 g/mol. The van der Waals surface area contributed by atoms with Crippen molar-refractivity contribution in [3.8, 4) is 5.95 Å². The third-order valence-electron chi connectivity index (χ3n) is 3.59. The smallest absolute Gasteiger partial charge is 0.307 e. The summed E-state index contributed by atoms with van der Waals surface area (Å²) in [5.74, 6) is 0.0754. The highest BCUT2D eigenvalue weighted by molar-refractivity contribution is 5.92. The molecule has 1 aliphatic rings. The zero-order chi connectivity index (χ0) is 15.2. The van der Waals surface area contributed by atoms with E-state index in [0.717, 1.165) is 19.3 Å². The van der Waals surface area contributed by atoms with Crippen molar-refractivity contribution < 1.29 is 23.5 Å². The number of piperidine rings is 1. The number of nitrogens with zero attached hydrogens (tertiary/aromatic N) is 1. The zero-order valence-electron chi connectivity index (χ0n) is 12.5. The largest absolute Gasteiger partial charge is 0.468 e. The van der Waals surface area contributed by atoms with Gasteiger partial charge in [0.1, 0.15) is 0 Å². The Morgan fingerprint density at radius 1 is 1.38 bits per heavy atom. The topological polar surface area (TPSA) is 69.0 Å². The van der Waals surface area contributed by atoms with Crippen molar-refractivity contribution in [2.75, 3.05) is 20.3 Å². The highest BCUT2D eigenvalue weighted by atomic mass is 16.6. The second-order valence-corrected chi connectivity index (χ2v) is 4.98. The maximum absolute atomic E-state index is 12.5. The minimum atomic E-state index is -0.265. The van der Waals surface area contributed by atoms with Crippen molar-refractivity contribution >= 4 is 11.9 Å². The summed E-state index contributed by atoms with van der Waals surface area (Å²) in [7, 11) is 1.48. The van der Waals surface area contributed by atoms with Gasteiger partial charge in [0.15, 0.2) is 5.76 Å². The third-order valence-corrected chi connectivity index (χ3v) is 3.59. The molecule has 1 amide bonds. The first-order chi connectivity index (χ1) is 10.2. The van der Waals surface area contributed by atoms with Crippen LogP contribution in [-0.4, -0.2) is 43.1 Å². The molecule has 1 saturated heterocycles. The van der Waals surface area contributed by atoms with Crippen molar-refractivity contribution in [2.24, 2.45) is 0 Å². The molecule has 2 heterocycles. The number of methoxy groups -OCH3 is 1. The van der Waals surface area contributed by atoms with Crippen LogP contribution in [0, 0.1) is 0 Å². The van der Waals surface area contributed by atoms with Crippen LogP contribution in [0.25, 0.3) is 0 Å². The second-order valence-electron chi connectivity index (χ2n) is 4.98. The van der Waals surface area contributed by atoms with Gasteiger partial charge in [-0.1, -0.05) is 0 Å². The van der Waals surface area contributed by atoms with Crippen molar-refractivity contribution in [2.45, 2.75) is 38.6 Å². The molecule has 0 unspecified atom stereocenters. The van der Waals surface area contributed by atoms with E-state index in [1.165, 1.54) is 7.11 Å². The summed E-state index contributed by atoms with van der Waals surface area (Å²) in [6, 6.07) is 3.08. The van der Waals surface area contributed by atoms with E-state index < -0.39 is 0 Å². The first kappa shape index (κ1) is 15.4. The molecule has 0 saturated carbocycles. The van der Waals surface area contributed by atoms with Crippen molar-refractivity contribution in [1.29, 1.82) is 0 Å².